The topological polar surface area (TPSA) is 52.6 Å². The number of ether oxygens (including phenoxy) is 2. The van der Waals surface area contributed by atoms with Gasteiger partial charge in [-0.05, 0) is 24.6 Å². The summed E-state index contributed by atoms with van der Waals surface area (Å²) < 4.78 is 9.37. The third-order valence-electron chi connectivity index (χ3n) is 2.78. The molecule has 5 heteroatoms. The van der Waals surface area contributed by atoms with Crippen molar-refractivity contribution in [3.8, 4) is 5.75 Å². The van der Waals surface area contributed by atoms with E-state index in [1.165, 1.54) is 7.11 Å². The molecule has 1 aromatic rings. The van der Waals surface area contributed by atoms with Crippen LogP contribution in [0.25, 0.3) is 0 Å². The Hall–Kier alpha value is -1.49. The maximum Gasteiger partial charge on any atom is 0.513 e. The lowest BCUT2D eigenvalue weighted by molar-refractivity contribution is 0.0976. The lowest BCUT2D eigenvalue weighted by Crippen LogP contribution is -2.17. The summed E-state index contributed by atoms with van der Waals surface area (Å²) in [6.45, 7) is 2.06. The van der Waals surface area contributed by atoms with Gasteiger partial charge in [-0.25, -0.2) is 4.79 Å². The summed E-state index contributed by atoms with van der Waals surface area (Å²) in [5, 5.41) is 0.304. The Bertz CT molecular complexity index is 484. The highest BCUT2D eigenvalue weighted by molar-refractivity contribution is 8.00. The lowest BCUT2D eigenvalue weighted by atomic mass is 10.0. The van der Waals surface area contributed by atoms with Crippen LogP contribution in [-0.4, -0.2) is 24.3 Å². The highest BCUT2D eigenvalue weighted by atomic mass is 32.2. The first-order valence-corrected chi connectivity index (χ1v) is 6.61. The minimum absolute atomic E-state index is 0.153. The lowest BCUT2D eigenvalue weighted by Gasteiger charge is -2.22. The monoisotopic (exact) mass is 266 g/mol. The number of carbonyl (C=O) groups is 2. The molecule has 18 heavy (non-hydrogen) atoms. The molecule has 0 fully saturated rings. The fourth-order valence-corrected chi connectivity index (χ4v) is 3.05. The Balaban J connectivity index is 2.25. The highest BCUT2D eigenvalue weighted by Gasteiger charge is 2.25. The van der Waals surface area contributed by atoms with Gasteiger partial charge in [0.2, 0.25) is 0 Å². The van der Waals surface area contributed by atoms with Gasteiger partial charge in [0.25, 0.3) is 0 Å². The Morgan fingerprint density at radius 3 is 2.94 bits per heavy atom. The fourth-order valence-electron chi connectivity index (χ4n) is 1.80. The number of carbonyl (C=O) groups excluding carboxylic acids is 2. The SMILES string of the molecule is CCC1CC(=O)c2ccc(OC(=O)OC)cc2S1. The van der Waals surface area contributed by atoms with E-state index in [-0.39, 0.29) is 5.78 Å². The fraction of sp³-hybridized carbons (Fsp3) is 0.385. The molecule has 1 aliphatic rings. The summed E-state index contributed by atoms with van der Waals surface area (Å²) in [7, 11) is 1.26. The third kappa shape index (κ3) is 2.67. The van der Waals surface area contributed by atoms with Crippen molar-refractivity contribution >= 4 is 23.7 Å². The van der Waals surface area contributed by atoms with E-state index in [1.807, 2.05) is 0 Å². The molecule has 0 amide bonds. The average Bonchev–Trinajstić information content (AvgIpc) is 2.38. The van der Waals surface area contributed by atoms with Crippen molar-refractivity contribution in [1.82, 2.24) is 0 Å². The number of ketones is 1. The largest absolute Gasteiger partial charge is 0.513 e. The molecule has 0 bridgehead atoms. The molecular weight excluding hydrogens is 252 g/mol. The normalized spacial score (nSPS) is 18.1. The van der Waals surface area contributed by atoms with Gasteiger partial charge in [-0.2, -0.15) is 0 Å². The van der Waals surface area contributed by atoms with Crippen LogP contribution in [0, 0.1) is 0 Å². The minimum atomic E-state index is -0.755. The van der Waals surface area contributed by atoms with Crippen LogP contribution in [0.4, 0.5) is 4.79 Å². The highest BCUT2D eigenvalue weighted by Crippen LogP contribution is 2.38. The van der Waals surface area contributed by atoms with E-state index >= 15 is 0 Å². The van der Waals surface area contributed by atoms with Crippen molar-refractivity contribution in [3.05, 3.63) is 23.8 Å². The number of hydrogen-bond donors (Lipinski definition) is 0. The summed E-state index contributed by atoms with van der Waals surface area (Å²) in [4.78, 5) is 23.8. The number of thioether (sulfide) groups is 1. The molecule has 2 rings (SSSR count). The van der Waals surface area contributed by atoms with E-state index in [0.29, 0.717) is 23.0 Å². The zero-order valence-corrected chi connectivity index (χ0v) is 11.1. The van der Waals surface area contributed by atoms with Crippen LogP contribution >= 0.6 is 11.8 Å². The maximum absolute atomic E-state index is 11.9. The molecule has 1 unspecified atom stereocenters. The van der Waals surface area contributed by atoms with E-state index in [9.17, 15) is 9.59 Å². The first-order valence-electron chi connectivity index (χ1n) is 5.73. The van der Waals surface area contributed by atoms with Gasteiger partial charge in [-0.15, -0.1) is 11.8 Å². The van der Waals surface area contributed by atoms with Crippen LogP contribution in [0.15, 0.2) is 23.1 Å². The molecule has 0 radical (unpaired) electrons. The van der Waals surface area contributed by atoms with E-state index in [2.05, 4.69) is 11.7 Å². The summed E-state index contributed by atoms with van der Waals surface area (Å²) in [5.41, 5.74) is 0.710. The smallest absolute Gasteiger partial charge is 0.437 e. The van der Waals surface area contributed by atoms with E-state index in [4.69, 9.17) is 4.74 Å². The number of fused-ring (bicyclic) bond motifs is 1. The number of hydrogen-bond acceptors (Lipinski definition) is 5. The molecule has 1 aliphatic heterocycles. The van der Waals surface area contributed by atoms with Gasteiger partial charge in [0.15, 0.2) is 5.78 Å². The van der Waals surface area contributed by atoms with Crippen LogP contribution < -0.4 is 4.74 Å². The van der Waals surface area contributed by atoms with Crippen LogP contribution in [0.3, 0.4) is 0 Å². The number of benzene rings is 1. The molecular formula is C13H14O4S. The molecule has 0 aliphatic carbocycles. The van der Waals surface area contributed by atoms with Crippen LogP contribution in [0.5, 0.6) is 5.75 Å². The van der Waals surface area contributed by atoms with Gasteiger partial charge in [-0.3, -0.25) is 4.79 Å². The van der Waals surface area contributed by atoms with Crippen molar-refractivity contribution in [2.24, 2.45) is 0 Å². The molecule has 1 aromatic carbocycles. The van der Waals surface area contributed by atoms with Gasteiger partial charge in [0.05, 0.1) is 7.11 Å². The van der Waals surface area contributed by atoms with E-state index < -0.39 is 6.16 Å². The van der Waals surface area contributed by atoms with Crippen molar-refractivity contribution < 1.29 is 19.1 Å². The van der Waals surface area contributed by atoms with Gasteiger partial charge in [0, 0.05) is 22.1 Å². The van der Waals surface area contributed by atoms with Gasteiger partial charge in [0.1, 0.15) is 5.75 Å². The number of Topliss-reactive ketones (excluding diaryl/α,β-unsaturated/α-hetero) is 1. The van der Waals surface area contributed by atoms with Gasteiger partial charge in [-0.1, -0.05) is 6.92 Å². The Labute approximate surface area is 110 Å². The van der Waals surface area contributed by atoms with Crippen LogP contribution in [0.1, 0.15) is 30.1 Å². The van der Waals surface area contributed by atoms with Gasteiger partial charge < -0.3 is 9.47 Å². The molecule has 0 saturated heterocycles. The predicted octanol–water partition coefficient (Wildman–Crippen LogP) is 3.29. The first kappa shape index (κ1) is 13.0. The second-order valence-corrected chi connectivity index (χ2v) is 5.33. The van der Waals surface area contributed by atoms with Crippen molar-refractivity contribution in [2.75, 3.05) is 7.11 Å². The average molecular weight is 266 g/mol. The van der Waals surface area contributed by atoms with Crippen LogP contribution in [-0.2, 0) is 4.74 Å². The van der Waals surface area contributed by atoms with Crippen molar-refractivity contribution in [2.45, 2.75) is 29.9 Å². The first-order chi connectivity index (χ1) is 8.63. The molecule has 1 atom stereocenters. The maximum atomic E-state index is 11.9. The van der Waals surface area contributed by atoms with Crippen molar-refractivity contribution in [1.29, 1.82) is 0 Å². The predicted molar refractivity (Wildman–Crippen MR) is 68.4 cm³/mol. The Morgan fingerprint density at radius 1 is 1.50 bits per heavy atom. The standard InChI is InChI=1S/C13H14O4S/c1-3-9-7-11(14)10-5-4-8(6-12(10)18-9)17-13(15)16-2/h4-6,9H,3,7H2,1-2H3. The zero-order chi connectivity index (χ0) is 13.1. The molecule has 4 nitrogen and oxygen atoms in total. The van der Waals surface area contributed by atoms with Crippen molar-refractivity contribution in [3.63, 3.8) is 0 Å². The Kier molecular flexibility index (Phi) is 3.91. The zero-order valence-electron chi connectivity index (χ0n) is 10.3. The second kappa shape index (κ2) is 5.44. The molecule has 0 N–H and O–H groups in total. The molecule has 0 aromatic heterocycles. The quantitative estimate of drug-likeness (QED) is 0.607. The third-order valence-corrected chi connectivity index (χ3v) is 4.21. The molecule has 96 valence electrons. The summed E-state index contributed by atoms with van der Waals surface area (Å²) in [5.74, 6) is 0.554. The Morgan fingerprint density at radius 2 is 2.28 bits per heavy atom. The van der Waals surface area contributed by atoms with Crippen LogP contribution in [0.2, 0.25) is 0 Å². The van der Waals surface area contributed by atoms with E-state index in [1.54, 1.807) is 30.0 Å². The molecule has 1 heterocycles. The molecule has 0 saturated carbocycles. The molecule has 0 spiro atoms. The van der Waals surface area contributed by atoms with Gasteiger partial charge >= 0.3 is 6.16 Å². The minimum Gasteiger partial charge on any atom is -0.437 e. The van der Waals surface area contributed by atoms with E-state index in [0.717, 1.165) is 11.3 Å². The summed E-state index contributed by atoms with van der Waals surface area (Å²) in [6.07, 6.45) is 0.762. The second-order valence-electron chi connectivity index (χ2n) is 3.99. The number of methoxy groups -OCH3 is 1. The number of rotatable bonds is 2. The summed E-state index contributed by atoms with van der Waals surface area (Å²) in [6, 6.07) is 5.03. The summed E-state index contributed by atoms with van der Waals surface area (Å²) >= 11 is 1.66.